The molecule has 1 amide bonds. The number of aliphatic hydroxyl groups is 1. The molecule has 0 spiro atoms. The second-order valence-electron chi connectivity index (χ2n) is 7.91. The topological polar surface area (TPSA) is 55.8 Å². The zero-order chi connectivity index (χ0) is 26.1. The molecule has 35 heavy (non-hydrogen) atoms. The van der Waals surface area contributed by atoms with Gasteiger partial charge in [0.15, 0.2) is 5.11 Å². The number of nitrogens with one attached hydrogen (secondary N) is 1. The lowest BCUT2D eigenvalue weighted by atomic mass is 10.1. The summed E-state index contributed by atoms with van der Waals surface area (Å²) in [5, 5.41) is 14.4. The Kier molecular flexibility index (Phi) is 11.2. The van der Waals surface area contributed by atoms with Crippen LogP contribution in [0.1, 0.15) is 40.5 Å². The number of likely N-dealkylation sites (tertiary alicyclic amines) is 1. The lowest BCUT2D eigenvalue weighted by Gasteiger charge is -2.28. The minimum absolute atomic E-state index is 0.202. The fraction of sp³-hybridized carbons (Fsp3) is 0.333. The molecule has 0 aromatic heterocycles. The van der Waals surface area contributed by atoms with Gasteiger partial charge in [-0.25, -0.2) is 0 Å². The first-order valence-electron chi connectivity index (χ1n) is 11.6. The number of benzene rings is 1. The molecule has 1 aliphatic heterocycles. The number of rotatable bonds is 5. The number of thiocarbonyl (C=S) groups is 1. The van der Waals surface area contributed by atoms with Crippen LogP contribution in [0.25, 0.3) is 0 Å². The largest absolute Gasteiger partial charge is 0.391 e. The Bertz CT molecular complexity index is 1070. The van der Waals surface area contributed by atoms with Gasteiger partial charge in [-0.1, -0.05) is 61.4 Å². The molecule has 0 saturated carbocycles. The van der Waals surface area contributed by atoms with E-state index in [0.717, 1.165) is 5.57 Å². The fourth-order valence-corrected chi connectivity index (χ4v) is 4.23. The summed E-state index contributed by atoms with van der Waals surface area (Å²) in [6.45, 7) is 13.1. The van der Waals surface area contributed by atoms with Crippen molar-refractivity contribution in [2.75, 3.05) is 18.0 Å². The number of halogens is 2. The first-order chi connectivity index (χ1) is 16.7. The average Bonchev–Trinajstić information content (AvgIpc) is 3.21. The molecule has 0 radical (unpaired) electrons. The quantitative estimate of drug-likeness (QED) is 0.336. The van der Waals surface area contributed by atoms with Gasteiger partial charge in [0.25, 0.3) is 5.91 Å². The van der Waals surface area contributed by atoms with Crippen molar-refractivity contribution in [1.29, 1.82) is 0 Å². The third-order valence-corrected chi connectivity index (χ3v) is 6.40. The Morgan fingerprint density at radius 3 is 2.49 bits per heavy atom. The minimum atomic E-state index is -0.378. The van der Waals surface area contributed by atoms with Crippen LogP contribution in [0.4, 0.5) is 5.69 Å². The molecule has 2 aliphatic rings. The van der Waals surface area contributed by atoms with Crippen molar-refractivity contribution in [3.8, 4) is 0 Å². The number of carbonyl (C=O) groups excluding carboxylic acids is 1. The molecular weight excluding hydrogens is 501 g/mol. The molecule has 1 saturated heterocycles. The maximum atomic E-state index is 13.7. The Labute approximate surface area is 224 Å². The Morgan fingerprint density at radius 2 is 1.91 bits per heavy atom. The van der Waals surface area contributed by atoms with Crippen LogP contribution in [-0.4, -0.2) is 40.2 Å². The smallest absolute Gasteiger partial charge is 0.264 e. The van der Waals surface area contributed by atoms with Crippen molar-refractivity contribution in [2.45, 2.75) is 46.6 Å². The molecule has 1 aromatic rings. The van der Waals surface area contributed by atoms with E-state index < -0.39 is 0 Å². The number of hydrogen-bond acceptors (Lipinski definition) is 4. The van der Waals surface area contributed by atoms with Gasteiger partial charge < -0.3 is 15.3 Å². The van der Waals surface area contributed by atoms with Crippen LogP contribution in [0.2, 0.25) is 5.02 Å². The van der Waals surface area contributed by atoms with E-state index in [2.05, 4.69) is 11.9 Å². The van der Waals surface area contributed by atoms with Crippen LogP contribution in [0.3, 0.4) is 0 Å². The molecule has 2 N–H and O–H groups in total. The van der Waals surface area contributed by atoms with E-state index in [1.807, 2.05) is 44.7 Å². The molecular formula is C27H33Cl2N3O2S. The van der Waals surface area contributed by atoms with Gasteiger partial charge in [0.05, 0.1) is 23.2 Å². The molecule has 1 fully saturated rings. The first kappa shape index (κ1) is 28.9. The normalized spacial score (nSPS) is 17.8. The summed E-state index contributed by atoms with van der Waals surface area (Å²) in [6.07, 6.45) is 8.02. The molecule has 1 unspecified atom stereocenters. The highest BCUT2D eigenvalue weighted by Gasteiger charge is 2.27. The maximum Gasteiger partial charge on any atom is 0.264 e. The third kappa shape index (κ3) is 7.55. The number of amides is 1. The van der Waals surface area contributed by atoms with Crippen LogP contribution in [0.5, 0.6) is 0 Å². The number of β-amino-alcohol motifs (C(OH)–C–C–N with tert-alkyl or cyclic N) is 1. The summed E-state index contributed by atoms with van der Waals surface area (Å²) >= 11 is 18.0. The summed E-state index contributed by atoms with van der Waals surface area (Å²) in [6, 6.07) is 6.92. The minimum Gasteiger partial charge on any atom is -0.391 e. The lowest BCUT2D eigenvalue weighted by Crippen LogP contribution is -2.45. The molecule has 1 heterocycles. The molecule has 3 rings (SSSR count). The molecule has 188 valence electrons. The van der Waals surface area contributed by atoms with Crippen molar-refractivity contribution in [2.24, 2.45) is 0 Å². The van der Waals surface area contributed by atoms with E-state index in [1.165, 1.54) is 4.90 Å². The van der Waals surface area contributed by atoms with Crippen LogP contribution in [0, 0.1) is 0 Å². The zero-order valence-electron chi connectivity index (χ0n) is 20.6. The number of allylic oxidation sites excluding steroid dienone is 5. The van der Waals surface area contributed by atoms with Gasteiger partial charge in [-0.3, -0.25) is 9.69 Å². The summed E-state index contributed by atoms with van der Waals surface area (Å²) in [5.74, 6) is -0.277. The zero-order valence-corrected chi connectivity index (χ0v) is 23.0. The number of hydrogen-bond donors (Lipinski definition) is 2. The summed E-state index contributed by atoms with van der Waals surface area (Å²) in [4.78, 5) is 17.2. The number of anilines is 1. The van der Waals surface area contributed by atoms with Crippen LogP contribution in [0.15, 0.2) is 82.7 Å². The van der Waals surface area contributed by atoms with Crippen molar-refractivity contribution in [1.82, 2.24) is 10.2 Å². The van der Waals surface area contributed by atoms with E-state index in [4.69, 9.17) is 35.4 Å². The number of nitrogens with zero attached hydrogens (tertiary/aromatic N) is 2. The van der Waals surface area contributed by atoms with Gasteiger partial charge in [0.1, 0.15) is 0 Å². The predicted molar refractivity (Wildman–Crippen MR) is 152 cm³/mol. The Hall–Kier alpha value is -2.38. The van der Waals surface area contributed by atoms with Gasteiger partial charge >= 0.3 is 0 Å². The van der Waals surface area contributed by atoms with Gasteiger partial charge in [-0.05, 0) is 75.3 Å². The monoisotopic (exact) mass is 533 g/mol. The predicted octanol–water partition coefficient (Wildman–Crippen LogP) is 6.46. The number of carbonyl (C=O) groups is 1. The third-order valence-electron chi connectivity index (χ3n) is 5.58. The lowest BCUT2D eigenvalue weighted by molar-refractivity contribution is -0.114. The van der Waals surface area contributed by atoms with E-state index in [9.17, 15) is 9.90 Å². The molecule has 1 atom stereocenters. The molecule has 0 bridgehead atoms. The second-order valence-corrected chi connectivity index (χ2v) is 9.16. The van der Waals surface area contributed by atoms with Crippen LogP contribution in [-0.2, 0) is 4.79 Å². The fourth-order valence-electron chi connectivity index (χ4n) is 3.66. The van der Waals surface area contributed by atoms with Gasteiger partial charge in [0, 0.05) is 28.7 Å². The highest BCUT2D eigenvalue weighted by atomic mass is 35.5. The van der Waals surface area contributed by atoms with E-state index >= 15 is 0 Å². The second kappa shape index (κ2) is 13.6. The van der Waals surface area contributed by atoms with Crippen LogP contribution >= 0.6 is 35.4 Å². The van der Waals surface area contributed by atoms with Gasteiger partial charge in [-0.2, -0.15) is 0 Å². The maximum absolute atomic E-state index is 13.7. The Balaban J connectivity index is 0.00000210. The molecule has 1 aliphatic carbocycles. The molecule has 8 heteroatoms. The van der Waals surface area contributed by atoms with Crippen molar-refractivity contribution in [3.63, 3.8) is 0 Å². The van der Waals surface area contributed by atoms with E-state index in [1.54, 1.807) is 36.4 Å². The SMILES string of the molecule is C=C(/C(=C\C)NC(=S)N(C(=O)C1=C(C)CC=C(Cl)C=C1)c1ccc(Cl)cc1)N1CCC(O)C1.CC. The standard InChI is InChI=1S/C25H27Cl2N3O2S.C2H6/c1-4-23(17(3)29-14-13-21(31)15-29)28-25(33)30(20-10-7-19(27)8-11-20)24(32)22-12-9-18(26)6-5-16(22)2;1-2/h4,6-12,21,31H,3,5,13-15H2,1-2H3,(H,28,33);1-2H3/b23-4+;. The van der Waals surface area contributed by atoms with E-state index in [-0.39, 0.29) is 17.1 Å². The summed E-state index contributed by atoms with van der Waals surface area (Å²) < 4.78 is 0. The highest BCUT2D eigenvalue weighted by Crippen LogP contribution is 2.26. The van der Waals surface area contributed by atoms with Crippen LogP contribution < -0.4 is 10.2 Å². The number of aliphatic hydroxyl groups excluding tert-OH is 1. The first-order valence-corrected chi connectivity index (χ1v) is 12.8. The summed E-state index contributed by atoms with van der Waals surface area (Å²) in [7, 11) is 0. The van der Waals surface area contributed by atoms with Crippen molar-refractivity contribution < 1.29 is 9.90 Å². The van der Waals surface area contributed by atoms with Gasteiger partial charge in [-0.15, -0.1) is 0 Å². The Morgan fingerprint density at radius 1 is 1.26 bits per heavy atom. The van der Waals surface area contributed by atoms with Gasteiger partial charge in [0.2, 0.25) is 0 Å². The molecule has 5 nitrogen and oxygen atoms in total. The highest BCUT2D eigenvalue weighted by molar-refractivity contribution is 7.80. The van der Waals surface area contributed by atoms with Crippen molar-refractivity contribution >= 4 is 52.1 Å². The van der Waals surface area contributed by atoms with E-state index in [0.29, 0.717) is 58.6 Å². The van der Waals surface area contributed by atoms with Crippen molar-refractivity contribution in [3.05, 3.63) is 87.7 Å². The summed E-state index contributed by atoms with van der Waals surface area (Å²) in [5.41, 5.74) is 3.37. The molecule has 1 aromatic carbocycles. The average molecular weight is 535 g/mol.